The van der Waals surface area contributed by atoms with Gasteiger partial charge in [-0.15, -0.1) is 0 Å². The molecule has 3 heterocycles. The normalized spacial score (nSPS) is 14.6. The molecule has 4 heteroatoms. The minimum atomic E-state index is 0.731. The summed E-state index contributed by atoms with van der Waals surface area (Å²) < 4.78 is 5.50. The van der Waals surface area contributed by atoms with Gasteiger partial charge in [-0.1, -0.05) is 6.92 Å². The predicted molar refractivity (Wildman–Crippen MR) is 69.3 cm³/mol. The molecule has 0 aliphatic carbocycles. The summed E-state index contributed by atoms with van der Waals surface area (Å²) in [6.45, 7) is 6.03. The van der Waals surface area contributed by atoms with Crippen molar-refractivity contribution in [1.82, 2.24) is 15.3 Å². The number of nitrogens with one attached hydrogen (secondary N) is 1. The first-order valence-corrected chi connectivity index (χ1v) is 6.43. The topological polar surface area (TPSA) is 51.0 Å². The Kier molecular flexibility index (Phi) is 2.88. The van der Waals surface area contributed by atoms with E-state index in [0.717, 1.165) is 48.8 Å². The third-order valence-electron chi connectivity index (χ3n) is 3.42. The summed E-state index contributed by atoms with van der Waals surface area (Å²) in [6, 6.07) is 1.95. The molecule has 1 aliphatic heterocycles. The van der Waals surface area contributed by atoms with E-state index in [2.05, 4.69) is 22.2 Å². The Morgan fingerprint density at radius 1 is 1.39 bits per heavy atom. The standard InChI is InChI=1S/C14H17N3O/c1-3-11-10-8-15-6-4-12(10)17-14(16-11)13-9(2)5-7-18-13/h5,7,15H,3-4,6,8H2,1-2H3. The maximum atomic E-state index is 5.50. The van der Waals surface area contributed by atoms with Crippen LogP contribution in [0.25, 0.3) is 11.6 Å². The average molecular weight is 243 g/mol. The summed E-state index contributed by atoms with van der Waals surface area (Å²) in [5.41, 5.74) is 4.67. The zero-order chi connectivity index (χ0) is 12.5. The van der Waals surface area contributed by atoms with E-state index in [1.54, 1.807) is 6.26 Å². The van der Waals surface area contributed by atoms with E-state index in [0.29, 0.717) is 0 Å². The molecule has 0 fully saturated rings. The summed E-state index contributed by atoms with van der Waals surface area (Å²) in [7, 11) is 0. The van der Waals surface area contributed by atoms with Crippen LogP contribution >= 0.6 is 0 Å². The van der Waals surface area contributed by atoms with Gasteiger partial charge in [-0.2, -0.15) is 0 Å². The lowest BCUT2D eigenvalue weighted by Crippen LogP contribution is -2.26. The lowest BCUT2D eigenvalue weighted by atomic mass is 10.0. The number of aryl methyl sites for hydroxylation is 2. The minimum Gasteiger partial charge on any atom is -0.461 e. The molecule has 0 atom stereocenters. The second-order valence-electron chi connectivity index (χ2n) is 4.63. The number of furan rings is 1. The third kappa shape index (κ3) is 1.82. The molecular weight excluding hydrogens is 226 g/mol. The van der Waals surface area contributed by atoms with E-state index < -0.39 is 0 Å². The molecule has 1 N–H and O–H groups in total. The molecule has 4 nitrogen and oxygen atoms in total. The first-order valence-electron chi connectivity index (χ1n) is 6.43. The molecule has 2 aromatic rings. The SMILES string of the molecule is CCc1nc(-c2occc2C)nc2c1CNCC2. The fraction of sp³-hybridized carbons (Fsp3) is 0.429. The number of aromatic nitrogens is 2. The zero-order valence-electron chi connectivity index (χ0n) is 10.8. The maximum absolute atomic E-state index is 5.50. The van der Waals surface area contributed by atoms with Gasteiger partial charge >= 0.3 is 0 Å². The molecule has 0 unspecified atom stereocenters. The highest BCUT2D eigenvalue weighted by Crippen LogP contribution is 2.24. The lowest BCUT2D eigenvalue weighted by molar-refractivity contribution is 0.570. The van der Waals surface area contributed by atoms with Crippen LogP contribution < -0.4 is 5.32 Å². The van der Waals surface area contributed by atoms with Crippen molar-refractivity contribution >= 4 is 0 Å². The molecule has 94 valence electrons. The fourth-order valence-corrected chi connectivity index (χ4v) is 2.41. The van der Waals surface area contributed by atoms with Crippen molar-refractivity contribution in [2.75, 3.05) is 6.54 Å². The third-order valence-corrected chi connectivity index (χ3v) is 3.42. The van der Waals surface area contributed by atoms with Gasteiger partial charge in [-0.25, -0.2) is 9.97 Å². The van der Waals surface area contributed by atoms with Gasteiger partial charge in [0, 0.05) is 30.8 Å². The Labute approximate surface area is 106 Å². The summed E-state index contributed by atoms with van der Waals surface area (Å²) in [4.78, 5) is 9.34. The van der Waals surface area contributed by atoms with E-state index in [1.807, 2.05) is 13.0 Å². The second kappa shape index (κ2) is 4.53. The number of hydrogen-bond donors (Lipinski definition) is 1. The summed E-state index contributed by atoms with van der Waals surface area (Å²) in [5, 5.41) is 3.38. The van der Waals surface area contributed by atoms with Crippen molar-refractivity contribution in [2.45, 2.75) is 33.2 Å². The van der Waals surface area contributed by atoms with Gasteiger partial charge in [0.2, 0.25) is 0 Å². The number of nitrogens with zero attached hydrogens (tertiary/aromatic N) is 2. The number of rotatable bonds is 2. The van der Waals surface area contributed by atoms with Gasteiger partial charge in [0.1, 0.15) is 0 Å². The molecule has 0 bridgehead atoms. The Morgan fingerprint density at radius 2 is 2.28 bits per heavy atom. The summed E-state index contributed by atoms with van der Waals surface area (Å²) in [5.74, 6) is 1.53. The van der Waals surface area contributed by atoms with Crippen LogP contribution in [0.3, 0.4) is 0 Å². The van der Waals surface area contributed by atoms with Crippen LogP contribution in [-0.4, -0.2) is 16.5 Å². The second-order valence-corrected chi connectivity index (χ2v) is 4.63. The number of fused-ring (bicyclic) bond motifs is 1. The first kappa shape index (κ1) is 11.4. The Hall–Kier alpha value is -1.68. The van der Waals surface area contributed by atoms with Crippen molar-refractivity contribution in [1.29, 1.82) is 0 Å². The molecule has 0 radical (unpaired) electrons. The molecule has 1 aliphatic rings. The molecule has 0 spiro atoms. The van der Waals surface area contributed by atoms with Gasteiger partial charge in [0.25, 0.3) is 0 Å². The van der Waals surface area contributed by atoms with Gasteiger partial charge in [-0.05, 0) is 25.0 Å². The van der Waals surface area contributed by atoms with Gasteiger partial charge in [0.15, 0.2) is 11.6 Å². The maximum Gasteiger partial charge on any atom is 0.196 e. The smallest absolute Gasteiger partial charge is 0.196 e. The predicted octanol–water partition coefficient (Wildman–Crippen LogP) is 2.25. The number of hydrogen-bond acceptors (Lipinski definition) is 4. The van der Waals surface area contributed by atoms with Crippen LogP contribution in [0.5, 0.6) is 0 Å². The minimum absolute atomic E-state index is 0.731. The monoisotopic (exact) mass is 243 g/mol. The van der Waals surface area contributed by atoms with E-state index >= 15 is 0 Å². The van der Waals surface area contributed by atoms with Crippen LogP contribution in [0.4, 0.5) is 0 Å². The molecule has 18 heavy (non-hydrogen) atoms. The van der Waals surface area contributed by atoms with Crippen LogP contribution in [0.2, 0.25) is 0 Å². The Bertz CT molecular complexity index is 557. The van der Waals surface area contributed by atoms with Crippen molar-refractivity contribution in [3.8, 4) is 11.6 Å². The van der Waals surface area contributed by atoms with E-state index in [1.165, 1.54) is 11.3 Å². The molecular formula is C14H17N3O. The summed E-state index contributed by atoms with van der Waals surface area (Å²) >= 11 is 0. The molecule has 2 aromatic heterocycles. The fourth-order valence-electron chi connectivity index (χ4n) is 2.41. The first-order chi connectivity index (χ1) is 8.79. The molecule has 0 amide bonds. The Morgan fingerprint density at radius 3 is 3.00 bits per heavy atom. The summed E-state index contributed by atoms with van der Waals surface area (Å²) in [6.07, 6.45) is 3.59. The largest absolute Gasteiger partial charge is 0.461 e. The van der Waals surface area contributed by atoms with Gasteiger partial charge < -0.3 is 9.73 Å². The van der Waals surface area contributed by atoms with Crippen LogP contribution in [0.15, 0.2) is 16.7 Å². The van der Waals surface area contributed by atoms with Crippen LogP contribution in [0, 0.1) is 6.92 Å². The van der Waals surface area contributed by atoms with Crippen molar-refractivity contribution in [2.24, 2.45) is 0 Å². The molecule has 0 saturated heterocycles. The zero-order valence-corrected chi connectivity index (χ0v) is 10.8. The lowest BCUT2D eigenvalue weighted by Gasteiger charge is -2.19. The van der Waals surface area contributed by atoms with Crippen molar-refractivity contribution in [3.05, 3.63) is 34.8 Å². The molecule has 0 aromatic carbocycles. The van der Waals surface area contributed by atoms with E-state index in [9.17, 15) is 0 Å². The van der Waals surface area contributed by atoms with Crippen LogP contribution in [0.1, 0.15) is 29.4 Å². The quantitative estimate of drug-likeness (QED) is 0.879. The highest BCUT2D eigenvalue weighted by Gasteiger charge is 2.18. The van der Waals surface area contributed by atoms with E-state index in [-0.39, 0.29) is 0 Å². The molecule has 3 rings (SSSR count). The highest BCUT2D eigenvalue weighted by atomic mass is 16.3. The molecule has 0 saturated carbocycles. The van der Waals surface area contributed by atoms with Crippen LogP contribution in [-0.2, 0) is 19.4 Å². The van der Waals surface area contributed by atoms with Crippen molar-refractivity contribution < 1.29 is 4.42 Å². The van der Waals surface area contributed by atoms with Gasteiger partial charge in [0.05, 0.1) is 12.0 Å². The average Bonchev–Trinajstić information content (AvgIpc) is 2.83. The highest BCUT2D eigenvalue weighted by molar-refractivity contribution is 5.53. The Balaban J connectivity index is 2.14. The van der Waals surface area contributed by atoms with E-state index in [4.69, 9.17) is 4.42 Å². The van der Waals surface area contributed by atoms with Gasteiger partial charge in [-0.3, -0.25) is 0 Å². The van der Waals surface area contributed by atoms with Crippen molar-refractivity contribution in [3.63, 3.8) is 0 Å².